The highest BCUT2D eigenvalue weighted by atomic mass is 32.2. The maximum Gasteiger partial charge on any atom is 0.411 e. The highest BCUT2D eigenvalue weighted by molar-refractivity contribution is 7.89. The first-order chi connectivity index (χ1) is 12.0. The molecule has 2 aromatic rings. The molecule has 0 radical (unpaired) electrons. The molecule has 10 heteroatoms. The first-order valence-electron chi connectivity index (χ1n) is 7.81. The van der Waals surface area contributed by atoms with E-state index in [9.17, 15) is 13.2 Å². The Labute approximate surface area is 145 Å². The second-order valence-corrected chi connectivity index (χ2v) is 7.56. The zero-order chi connectivity index (χ0) is 17.9. The third-order valence-electron chi connectivity index (χ3n) is 4.11. The van der Waals surface area contributed by atoms with Crippen LogP contribution < -0.4 is 5.32 Å². The van der Waals surface area contributed by atoms with Crippen molar-refractivity contribution >= 4 is 21.8 Å². The molecule has 1 aliphatic heterocycles. The largest absolute Gasteiger partial charge is 0.453 e. The van der Waals surface area contributed by atoms with E-state index in [-0.39, 0.29) is 10.9 Å². The molecule has 0 spiro atoms. The second-order valence-electron chi connectivity index (χ2n) is 5.63. The summed E-state index contributed by atoms with van der Waals surface area (Å²) >= 11 is 0. The van der Waals surface area contributed by atoms with Crippen LogP contribution in [0.4, 0.5) is 10.5 Å². The van der Waals surface area contributed by atoms with Gasteiger partial charge in [0.2, 0.25) is 10.0 Å². The Balaban J connectivity index is 1.66. The molecule has 0 bridgehead atoms. The monoisotopic (exact) mass is 365 g/mol. The number of rotatable bonds is 4. The molecular formula is C15H19N5O4S. The maximum atomic E-state index is 12.7. The molecular weight excluding hydrogens is 346 g/mol. The minimum atomic E-state index is -3.57. The SMILES string of the molecule is COC(=O)Nc1ccc(S(=O)(=O)N2CCC(n3nccn3)CC2)cc1. The van der Waals surface area contributed by atoms with Gasteiger partial charge < -0.3 is 4.74 Å². The predicted molar refractivity (Wildman–Crippen MR) is 89.5 cm³/mol. The Kier molecular flexibility index (Phi) is 5.00. The molecule has 1 aliphatic rings. The van der Waals surface area contributed by atoms with Gasteiger partial charge in [-0.2, -0.15) is 19.3 Å². The van der Waals surface area contributed by atoms with E-state index in [1.54, 1.807) is 17.2 Å². The zero-order valence-electron chi connectivity index (χ0n) is 13.7. The Morgan fingerprint density at radius 1 is 1.16 bits per heavy atom. The third-order valence-corrected chi connectivity index (χ3v) is 6.02. The van der Waals surface area contributed by atoms with Crippen LogP contribution in [0.2, 0.25) is 0 Å². The van der Waals surface area contributed by atoms with Crippen molar-refractivity contribution in [1.82, 2.24) is 19.3 Å². The van der Waals surface area contributed by atoms with E-state index in [2.05, 4.69) is 20.3 Å². The number of carbonyl (C=O) groups is 1. The molecule has 2 heterocycles. The van der Waals surface area contributed by atoms with Crippen LogP contribution >= 0.6 is 0 Å². The van der Waals surface area contributed by atoms with Crippen molar-refractivity contribution in [2.24, 2.45) is 0 Å². The number of carbonyl (C=O) groups excluding carboxylic acids is 1. The van der Waals surface area contributed by atoms with Crippen LogP contribution in [-0.2, 0) is 14.8 Å². The summed E-state index contributed by atoms with van der Waals surface area (Å²) in [6, 6.07) is 6.13. The number of nitrogens with one attached hydrogen (secondary N) is 1. The number of benzene rings is 1. The Hall–Kier alpha value is -2.46. The van der Waals surface area contributed by atoms with Crippen LogP contribution in [0.25, 0.3) is 0 Å². The number of sulfonamides is 1. The lowest BCUT2D eigenvalue weighted by Gasteiger charge is -2.30. The molecule has 1 aromatic heterocycles. The van der Waals surface area contributed by atoms with Crippen molar-refractivity contribution in [3.8, 4) is 0 Å². The first-order valence-corrected chi connectivity index (χ1v) is 9.25. The molecule has 1 fully saturated rings. The molecule has 0 atom stereocenters. The smallest absolute Gasteiger partial charge is 0.411 e. The Morgan fingerprint density at radius 2 is 1.76 bits per heavy atom. The van der Waals surface area contributed by atoms with Crippen molar-refractivity contribution in [3.63, 3.8) is 0 Å². The topological polar surface area (TPSA) is 106 Å². The lowest BCUT2D eigenvalue weighted by Crippen LogP contribution is -2.39. The predicted octanol–water partition coefficient (Wildman–Crippen LogP) is 1.48. The lowest BCUT2D eigenvalue weighted by atomic mass is 10.1. The fourth-order valence-corrected chi connectivity index (χ4v) is 4.23. The van der Waals surface area contributed by atoms with Crippen molar-refractivity contribution in [2.75, 3.05) is 25.5 Å². The number of nitrogens with zero attached hydrogens (tertiary/aromatic N) is 4. The summed E-state index contributed by atoms with van der Waals surface area (Å²) in [5.74, 6) is 0. The number of amides is 1. The van der Waals surface area contributed by atoms with Gasteiger partial charge in [0.25, 0.3) is 0 Å². The molecule has 25 heavy (non-hydrogen) atoms. The standard InChI is InChI=1S/C15H19N5O4S/c1-24-15(21)18-12-2-4-14(5-3-12)25(22,23)19-10-6-13(7-11-19)20-16-8-9-17-20/h2-5,8-9,13H,6-7,10-11H2,1H3,(H,18,21). The van der Waals surface area contributed by atoms with Gasteiger partial charge in [-0.1, -0.05) is 0 Å². The fraction of sp³-hybridized carbons (Fsp3) is 0.400. The molecule has 0 aliphatic carbocycles. The zero-order valence-corrected chi connectivity index (χ0v) is 14.5. The number of hydrogen-bond acceptors (Lipinski definition) is 6. The summed E-state index contributed by atoms with van der Waals surface area (Å²) < 4.78 is 31.5. The van der Waals surface area contributed by atoms with Gasteiger partial charge in [0, 0.05) is 18.8 Å². The van der Waals surface area contributed by atoms with E-state index in [0.29, 0.717) is 31.6 Å². The van der Waals surface area contributed by atoms with Gasteiger partial charge in [-0.25, -0.2) is 13.2 Å². The maximum absolute atomic E-state index is 12.7. The van der Waals surface area contributed by atoms with Crippen LogP contribution in [0.3, 0.4) is 0 Å². The molecule has 0 unspecified atom stereocenters. The Bertz CT molecular complexity index is 812. The highest BCUT2D eigenvalue weighted by Crippen LogP contribution is 2.26. The number of anilines is 1. The molecule has 3 rings (SSSR count). The third kappa shape index (κ3) is 3.80. The minimum Gasteiger partial charge on any atom is -0.453 e. The van der Waals surface area contributed by atoms with Gasteiger partial charge in [0.15, 0.2) is 0 Å². The number of methoxy groups -OCH3 is 1. The van der Waals surface area contributed by atoms with E-state index < -0.39 is 16.1 Å². The van der Waals surface area contributed by atoms with E-state index >= 15 is 0 Å². The average Bonchev–Trinajstić information content (AvgIpc) is 3.17. The van der Waals surface area contributed by atoms with Gasteiger partial charge in [0.05, 0.1) is 30.4 Å². The molecule has 1 aromatic carbocycles. The van der Waals surface area contributed by atoms with Crippen molar-refractivity contribution in [2.45, 2.75) is 23.8 Å². The van der Waals surface area contributed by atoms with E-state index in [4.69, 9.17) is 0 Å². The average molecular weight is 365 g/mol. The summed E-state index contributed by atoms with van der Waals surface area (Å²) in [5.41, 5.74) is 0.467. The summed E-state index contributed by atoms with van der Waals surface area (Å²) in [6.07, 6.45) is 3.95. The van der Waals surface area contributed by atoms with Crippen LogP contribution in [0, 0.1) is 0 Å². The quantitative estimate of drug-likeness (QED) is 0.880. The number of aromatic nitrogens is 3. The number of hydrogen-bond donors (Lipinski definition) is 1. The van der Waals surface area contributed by atoms with Gasteiger partial charge in [-0.15, -0.1) is 0 Å². The summed E-state index contributed by atoms with van der Waals surface area (Å²) in [7, 11) is -2.31. The van der Waals surface area contributed by atoms with Gasteiger partial charge in [0.1, 0.15) is 0 Å². The molecule has 1 amide bonds. The second kappa shape index (κ2) is 7.19. The van der Waals surface area contributed by atoms with Crippen molar-refractivity contribution < 1.29 is 17.9 Å². The van der Waals surface area contributed by atoms with E-state index in [1.165, 1.54) is 35.7 Å². The number of ether oxygens (including phenoxy) is 1. The Morgan fingerprint density at radius 3 is 2.32 bits per heavy atom. The summed E-state index contributed by atoms with van der Waals surface area (Å²) in [5, 5.41) is 10.7. The van der Waals surface area contributed by atoms with Crippen LogP contribution in [0.1, 0.15) is 18.9 Å². The highest BCUT2D eigenvalue weighted by Gasteiger charge is 2.30. The summed E-state index contributed by atoms with van der Waals surface area (Å²) in [6.45, 7) is 0.827. The van der Waals surface area contributed by atoms with E-state index in [1.807, 2.05) is 0 Å². The fourth-order valence-electron chi connectivity index (χ4n) is 2.76. The lowest BCUT2D eigenvalue weighted by molar-refractivity contribution is 0.187. The molecule has 0 saturated carbocycles. The molecule has 1 saturated heterocycles. The van der Waals surface area contributed by atoms with Crippen LogP contribution in [0.5, 0.6) is 0 Å². The van der Waals surface area contributed by atoms with Gasteiger partial charge >= 0.3 is 6.09 Å². The molecule has 1 N–H and O–H groups in total. The molecule has 9 nitrogen and oxygen atoms in total. The van der Waals surface area contributed by atoms with Crippen LogP contribution in [0.15, 0.2) is 41.6 Å². The van der Waals surface area contributed by atoms with Crippen molar-refractivity contribution in [3.05, 3.63) is 36.7 Å². The molecule has 134 valence electrons. The minimum absolute atomic E-state index is 0.119. The normalized spacial score (nSPS) is 16.5. The number of piperidine rings is 1. The summed E-state index contributed by atoms with van der Waals surface area (Å²) in [4.78, 5) is 13.0. The first kappa shape index (κ1) is 17.4. The van der Waals surface area contributed by atoms with Crippen LogP contribution in [-0.4, -0.2) is 54.0 Å². The van der Waals surface area contributed by atoms with Gasteiger partial charge in [-0.05, 0) is 37.1 Å². The van der Waals surface area contributed by atoms with Gasteiger partial charge in [-0.3, -0.25) is 5.32 Å². The van der Waals surface area contributed by atoms with Crippen molar-refractivity contribution in [1.29, 1.82) is 0 Å². The van der Waals surface area contributed by atoms with E-state index in [0.717, 1.165) is 0 Å².